The van der Waals surface area contributed by atoms with Crippen molar-refractivity contribution in [1.82, 2.24) is 5.43 Å². The molecule has 5 heteroatoms. The van der Waals surface area contributed by atoms with Crippen LogP contribution in [-0.4, -0.2) is 0 Å². The predicted octanol–water partition coefficient (Wildman–Crippen LogP) is 3.23. The third kappa shape index (κ3) is 2.73. The van der Waals surface area contributed by atoms with Gasteiger partial charge >= 0.3 is 0 Å². The molecule has 1 aromatic carbocycles. The molecule has 3 N–H and O–H groups in total. The smallest absolute Gasteiger partial charge is 0.129 e. The summed E-state index contributed by atoms with van der Waals surface area (Å²) in [4.78, 5) is 0. The van der Waals surface area contributed by atoms with Crippen molar-refractivity contribution in [1.29, 1.82) is 0 Å². The van der Waals surface area contributed by atoms with Crippen LogP contribution >= 0.6 is 0 Å². The Bertz CT molecular complexity index is 623. The van der Waals surface area contributed by atoms with Crippen molar-refractivity contribution in [3.63, 3.8) is 0 Å². The quantitative estimate of drug-likeness (QED) is 0.668. The zero-order valence-electron chi connectivity index (χ0n) is 11.8. The topological polar surface area (TPSA) is 51.2 Å². The van der Waals surface area contributed by atoms with Crippen molar-refractivity contribution in [3.8, 4) is 0 Å². The summed E-state index contributed by atoms with van der Waals surface area (Å²) in [7, 11) is 0. The molecule has 1 atom stereocenters. The van der Waals surface area contributed by atoms with Crippen LogP contribution in [0.15, 0.2) is 22.6 Å². The maximum Gasteiger partial charge on any atom is 0.129 e. The molecule has 0 spiro atoms. The minimum Gasteiger partial charge on any atom is -0.466 e. The number of nitrogens with two attached hydrogens (primary N) is 1. The van der Waals surface area contributed by atoms with Gasteiger partial charge in [0.1, 0.15) is 23.2 Å². The Hall–Kier alpha value is -1.72. The van der Waals surface area contributed by atoms with E-state index in [-0.39, 0.29) is 6.04 Å². The summed E-state index contributed by atoms with van der Waals surface area (Å²) in [5.41, 5.74) is 5.01. The summed E-state index contributed by atoms with van der Waals surface area (Å²) >= 11 is 0. The van der Waals surface area contributed by atoms with Crippen molar-refractivity contribution in [2.45, 2.75) is 33.2 Å². The fraction of sp³-hybridized carbons (Fsp3) is 0.333. The number of nitrogens with one attached hydrogen (secondary N) is 1. The highest BCUT2D eigenvalue weighted by atomic mass is 19.1. The van der Waals surface area contributed by atoms with E-state index in [0.717, 1.165) is 28.7 Å². The first-order valence-electron chi connectivity index (χ1n) is 6.40. The molecule has 0 aliphatic rings. The molecular weight excluding hydrogens is 262 g/mol. The number of benzene rings is 1. The standard InChI is InChI=1S/C15H18F2N2O/c1-8-9(2)20-10(3)15(8)14(19-18)6-11-4-5-12(16)7-13(11)17/h4-5,7,14,19H,6,18H2,1-3H3. The Kier molecular flexibility index (Phi) is 4.20. The summed E-state index contributed by atoms with van der Waals surface area (Å²) in [6.45, 7) is 5.66. The minimum absolute atomic E-state index is 0.285. The molecule has 0 aliphatic carbocycles. The molecule has 0 amide bonds. The summed E-state index contributed by atoms with van der Waals surface area (Å²) in [6, 6.07) is 3.27. The van der Waals surface area contributed by atoms with E-state index in [2.05, 4.69) is 5.43 Å². The lowest BCUT2D eigenvalue weighted by molar-refractivity contribution is 0.480. The minimum atomic E-state index is -0.588. The first kappa shape index (κ1) is 14.7. The number of hydrogen-bond acceptors (Lipinski definition) is 3. The lowest BCUT2D eigenvalue weighted by atomic mass is 9.96. The van der Waals surface area contributed by atoms with Gasteiger partial charge in [-0.25, -0.2) is 8.78 Å². The van der Waals surface area contributed by atoms with Crippen LogP contribution in [-0.2, 0) is 6.42 Å². The molecule has 0 radical (unpaired) electrons. The van der Waals surface area contributed by atoms with Crippen LogP contribution in [0.2, 0.25) is 0 Å². The molecule has 0 bridgehead atoms. The van der Waals surface area contributed by atoms with Crippen LogP contribution in [0.25, 0.3) is 0 Å². The predicted molar refractivity (Wildman–Crippen MR) is 73.0 cm³/mol. The molecule has 0 saturated carbocycles. The Labute approximate surface area is 116 Å². The van der Waals surface area contributed by atoms with Gasteiger partial charge in [0, 0.05) is 11.6 Å². The summed E-state index contributed by atoms with van der Waals surface area (Å²) in [5.74, 6) is 6.01. The van der Waals surface area contributed by atoms with Gasteiger partial charge in [0.2, 0.25) is 0 Å². The maximum atomic E-state index is 13.7. The molecule has 1 aromatic heterocycles. The van der Waals surface area contributed by atoms with Gasteiger partial charge < -0.3 is 4.42 Å². The molecule has 0 saturated heterocycles. The Morgan fingerprint density at radius 2 is 1.90 bits per heavy atom. The van der Waals surface area contributed by atoms with Gasteiger partial charge in [-0.2, -0.15) is 0 Å². The number of hydrogen-bond donors (Lipinski definition) is 2. The van der Waals surface area contributed by atoms with Gasteiger partial charge in [0.15, 0.2) is 0 Å². The monoisotopic (exact) mass is 280 g/mol. The zero-order chi connectivity index (χ0) is 14.9. The number of halogens is 2. The van der Waals surface area contributed by atoms with Crippen molar-refractivity contribution >= 4 is 0 Å². The van der Waals surface area contributed by atoms with Gasteiger partial charge in [-0.05, 0) is 44.4 Å². The second-order valence-electron chi connectivity index (χ2n) is 4.91. The average Bonchev–Trinajstić information content (AvgIpc) is 2.63. The van der Waals surface area contributed by atoms with Gasteiger partial charge in [-0.1, -0.05) is 6.07 Å². The first-order chi connectivity index (χ1) is 9.43. The van der Waals surface area contributed by atoms with E-state index in [1.54, 1.807) is 0 Å². The third-order valence-corrected chi connectivity index (χ3v) is 3.61. The van der Waals surface area contributed by atoms with Crippen molar-refractivity contribution in [2.24, 2.45) is 5.84 Å². The van der Waals surface area contributed by atoms with Crippen LogP contribution < -0.4 is 11.3 Å². The van der Waals surface area contributed by atoms with E-state index in [1.165, 1.54) is 12.1 Å². The van der Waals surface area contributed by atoms with Gasteiger partial charge in [-0.15, -0.1) is 0 Å². The number of aryl methyl sites for hydroxylation is 2. The zero-order valence-corrected chi connectivity index (χ0v) is 11.8. The van der Waals surface area contributed by atoms with E-state index in [4.69, 9.17) is 10.3 Å². The number of rotatable bonds is 4. The fourth-order valence-electron chi connectivity index (χ4n) is 2.47. The van der Waals surface area contributed by atoms with E-state index in [0.29, 0.717) is 12.0 Å². The Morgan fingerprint density at radius 3 is 2.40 bits per heavy atom. The second kappa shape index (κ2) is 5.73. The van der Waals surface area contributed by atoms with Crippen LogP contribution in [0.4, 0.5) is 8.78 Å². The largest absolute Gasteiger partial charge is 0.466 e. The normalized spacial score (nSPS) is 12.7. The fourth-order valence-corrected chi connectivity index (χ4v) is 2.47. The Morgan fingerprint density at radius 1 is 1.20 bits per heavy atom. The molecule has 0 fully saturated rings. The molecule has 2 rings (SSSR count). The first-order valence-corrected chi connectivity index (χ1v) is 6.40. The highest BCUT2D eigenvalue weighted by molar-refractivity contribution is 5.35. The van der Waals surface area contributed by atoms with Crippen molar-refractivity contribution < 1.29 is 13.2 Å². The van der Waals surface area contributed by atoms with Gasteiger partial charge in [0.05, 0.1) is 6.04 Å². The van der Waals surface area contributed by atoms with Gasteiger partial charge in [0.25, 0.3) is 0 Å². The van der Waals surface area contributed by atoms with Crippen molar-refractivity contribution in [3.05, 3.63) is 58.0 Å². The summed E-state index contributed by atoms with van der Waals surface area (Å²) < 4.78 is 32.2. The molecule has 1 heterocycles. The molecule has 108 valence electrons. The van der Waals surface area contributed by atoms with Crippen LogP contribution in [0.1, 0.15) is 34.3 Å². The van der Waals surface area contributed by atoms with E-state index < -0.39 is 11.6 Å². The second-order valence-corrected chi connectivity index (χ2v) is 4.91. The molecule has 3 nitrogen and oxygen atoms in total. The van der Waals surface area contributed by atoms with Gasteiger partial charge in [-0.3, -0.25) is 11.3 Å². The molecule has 20 heavy (non-hydrogen) atoms. The molecule has 2 aromatic rings. The highest BCUT2D eigenvalue weighted by Crippen LogP contribution is 2.29. The van der Waals surface area contributed by atoms with Crippen LogP contribution in [0, 0.1) is 32.4 Å². The number of hydrazine groups is 1. The average molecular weight is 280 g/mol. The van der Waals surface area contributed by atoms with Crippen molar-refractivity contribution in [2.75, 3.05) is 0 Å². The lowest BCUT2D eigenvalue weighted by Gasteiger charge is -2.17. The SMILES string of the molecule is Cc1oc(C)c(C(Cc2ccc(F)cc2F)NN)c1C. The highest BCUT2D eigenvalue weighted by Gasteiger charge is 2.21. The number of furan rings is 1. The van der Waals surface area contributed by atoms with Crippen LogP contribution in [0.5, 0.6) is 0 Å². The summed E-state index contributed by atoms with van der Waals surface area (Å²) in [5, 5.41) is 0. The van der Waals surface area contributed by atoms with Crippen LogP contribution in [0.3, 0.4) is 0 Å². The van der Waals surface area contributed by atoms with E-state index in [9.17, 15) is 8.78 Å². The molecular formula is C15H18F2N2O. The molecule has 0 aliphatic heterocycles. The maximum absolute atomic E-state index is 13.7. The lowest BCUT2D eigenvalue weighted by Crippen LogP contribution is -2.30. The van der Waals surface area contributed by atoms with E-state index >= 15 is 0 Å². The third-order valence-electron chi connectivity index (χ3n) is 3.61. The molecule has 1 unspecified atom stereocenters. The van der Waals surface area contributed by atoms with E-state index in [1.807, 2.05) is 20.8 Å². The Balaban J connectivity index is 2.33. The summed E-state index contributed by atoms with van der Waals surface area (Å²) in [6.07, 6.45) is 0.323.